The van der Waals surface area contributed by atoms with Crippen LogP contribution in [0.25, 0.3) is 0 Å². The predicted molar refractivity (Wildman–Crippen MR) is 114 cm³/mol. The van der Waals surface area contributed by atoms with E-state index in [0.29, 0.717) is 24.8 Å². The molecule has 4 rings (SSSR count). The first-order valence-corrected chi connectivity index (χ1v) is 10.7. The van der Waals surface area contributed by atoms with Crippen molar-refractivity contribution in [1.29, 1.82) is 0 Å². The zero-order chi connectivity index (χ0) is 20.2. The first-order valence-electron chi connectivity index (χ1n) is 10.3. The van der Waals surface area contributed by atoms with E-state index < -0.39 is 0 Å². The van der Waals surface area contributed by atoms with Gasteiger partial charge in [-0.1, -0.05) is 35.9 Å². The van der Waals surface area contributed by atoms with Crippen molar-refractivity contribution in [2.75, 3.05) is 26.3 Å². The van der Waals surface area contributed by atoms with Crippen LogP contribution in [0.15, 0.2) is 42.5 Å². The fraction of sp³-hybridized carbons (Fsp3) is 0.435. The Kier molecular flexibility index (Phi) is 6.26. The molecule has 2 aromatic carbocycles. The summed E-state index contributed by atoms with van der Waals surface area (Å²) in [7, 11) is 0. The van der Waals surface area contributed by atoms with Gasteiger partial charge in [0.25, 0.3) is 0 Å². The van der Waals surface area contributed by atoms with Crippen molar-refractivity contribution in [3.8, 4) is 11.5 Å². The molecule has 2 aliphatic heterocycles. The van der Waals surface area contributed by atoms with Gasteiger partial charge >= 0.3 is 0 Å². The molecular formula is C23H27ClN2O3. The van der Waals surface area contributed by atoms with Crippen molar-refractivity contribution in [3.05, 3.63) is 58.6 Å². The van der Waals surface area contributed by atoms with Crippen LogP contribution in [0, 0.1) is 0 Å². The number of ether oxygens (including phenoxy) is 2. The molecule has 2 atom stereocenters. The van der Waals surface area contributed by atoms with Crippen LogP contribution in [0.2, 0.25) is 5.02 Å². The maximum absolute atomic E-state index is 12.7. The number of hydrogen-bond donors (Lipinski definition) is 1. The summed E-state index contributed by atoms with van der Waals surface area (Å²) >= 11 is 6.26. The molecule has 1 N–H and O–H groups in total. The summed E-state index contributed by atoms with van der Waals surface area (Å²) in [5.41, 5.74) is 2.11. The second-order valence-electron chi connectivity index (χ2n) is 7.70. The third kappa shape index (κ3) is 4.68. The molecule has 2 aliphatic rings. The van der Waals surface area contributed by atoms with E-state index >= 15 is 0 Å². The van der Waals surface area contributed by atoms with E-state index in [-0.39, 0.29) is 18.0 Å². The summed E-state index contributed by atoms with van der Waals surface area (Å²) < 4.78 is 11.6. The number of rotatable bonds is 5. The minimum absolute atomic E-state index is 0.0127. The van der Waals surface area contributed by atoms with E-state index in [4.69, 9.17) is 21.1 Å². The van der Waals surface area contributed by atoms with Crippen LogP contribution in [0.4, 0.5) is 0 Å². The molecular weight excluding hydrogens is 388 g/mol. The highest BCUT2D eigenvalue weighted by Gasteiger charge is 2.29. The van der Waals surface area contributed by atoms with Crippen molar-refractivity contribution in [2.24, 2.45) is 0 Å². The number of fused-ring (bicyclic) bond motifs is 1. The monoisotopic (exact) mass is 414 g/mol. The van der Waals surface area contributed by atoms with Gasteiger partial charge < -0.3 is 14.8 Å². The maximum atomic E-state index is 12.7. The van der Waals surface area contributed by atoms with Crippen molar-refractivity contribution in [2.45, 2.75) is 38.3 Å². The van der Waals surface area contributed by atoms with Crippen molar-refractivity contribution in [3.63, 3.8) is 0 Å². The van der Waals surface area contributed by atoms with Crippen LogP contribution in [0.5, 0.6) is 11.5 Å². The third-order valence-corrected chi connectivity index (χ3v) is 5.96. The predicted octanol–water partition coefficient (Wildman–Crippen LogP) is 4.52. The van der Waals surface area contributed by atoms with Crippen molar-refractivity contribution in [1.82, 2.24) is 10.2 Å². The fourth-order valence-electron chi connectivity index (χ4n) is 4.16. The Bertz CT molecular complexity index is 873. The van der Waals surface area contributed by atoms with Gasteiger partial charge in [-0.2, -0.15) is 0 Å². The summed E-state index contributed by atoms with van der Waals surface area (Å²) in [4.78, 5) is 15.0. The van der Waals surface area contributed by atoms with E-state index in [9.17, 15) is 4.79 Å². The van der Waals surface area contributed by atoms with Gasteiger partial charge in [-0.25, -0.2) is 0 Å². The Balaban J connectivity index is 1.41. The highest BCUT2D eigenvalue weighted by Crippen LogP contribution is 2.37. The number of carbonyl (C=O) groups is 1. The average Bonchev–Trinajstić information content (AvgIpc) is 3.03. The quantitative estimate of drug-likeness (QED) is 0.781. The molecule has 0 bridgehead atoms. The molecule has 5 nitrogen and oxygen atoms in total. The van der Waals surface area contributed by atoms with Crippen LogP contribution in [0.1, 0.15) is 49.4 Å². The van der Waals surface area contributed by atoms with Crippen LogP contribution in [-0.2, 0) is 4.79 Å². The van der Waals surface area contributed by atoms with E-state index in [1.807, 2.05) is 37.3 Å². The highest BCUT2D eigenvalue weighted by atomic mass is 35.5. The molecule has 1 saturated heterocycles. The molecule has 0 aliphatic carbocycles. The van der Waals surface area contributed by atoms with E-state index in [1.54, 1.807) is 0 Å². The van der Waals surface area contributed by atoms with Crippen LogP contribution in [-0.4, -0.2) is 37.1 Å². The van der Waals surface area contributed by atoms with Gasteiger partial charge in [-0.05, 0) is 55.6 Å². The molecule has 154 valence electrons. The van der Waals surface area contributed by atoms with Gasteiger partial charge in [0.2, 0.25) is 5.91 Å². The summed E-state index contributed by atoms with van der Waals surface area (Å²) in [6.07, 6.45) is 3.00. The van der Waals surface area contributed by atoms with Crippen molar-refractivity contribution < 1.29 is 14.3 Å². The van der Waals surface area contributed by atoms with Crippen molar-refractivity contribution >= 4 is 17.5 Å². The second-order valence-corrected chi connectivity index (χ2v) is 8.10. The topological polar surface area (TPSA) is 50.8 Å². The van der Waals surface area contributed by atoms with E-state index in [2.05, 4.69) is 22.3 Å². The van der Waals surface area contributed by atoms with Gasteiger partial charge in [0.05, 0.1) is 25.8 Å². The minimum Gasteiger partial charge on any atom is -0.490 e. The zero-order valence-electron chi connectivity index (χ0n) is 16.7. The molecule has 0 saturated carbocycles. The van der Waals surface area contributed by atoms with Crippen LogP contribution < -0.4 is 14.8 Å². The molecule has 0 radical (unpaired) electrons. The standard InChI is InChI=1S/C23H27ClN2O3/c1-16(18-6-2-3-7-19(18)24)25-23(27)15-26-11-4-8-20(26)17-9-10-21-22(14-17)29-13-5-12-28-21/h2-3,6-7,9-10,14,16,20H,4-5,8,11-13,15H2,1H3,(H,25,27). The highest BCUT2D eigenvalue weighted by molar-refractivity contribution is 6.31. The Hall–Kier alpha value is -2.24. The SMILES string of the molecule is CC(NC(=O)CN1CCCC1c1ccc2c(c1)OCCCO2)c1ccccc1Cl. The lowest BCUT2D eigenvalue weighted by Gasteiger charge is -2.26. The second kappa shape index (κ2) is 9.06. The molecule has 2 unspecified atom stereocenters. The Morgan fingerprint density at radius 3 is 2.79 bits per heavy atom. The number of amides is 1. The summed E-state index contributed by atoms with van der Waals surface area (Å²) in [6.45, 7) is 4.60. The van der Waals surface area contributed by atoms with E-state index in [0.717, 1.165) is 42.9 Å². The molecule has 0 spiro atoms. The van der Waals surface area contributed by atoms with Crippen LogP contribution >= 0.6 is 11.6 Å². The lowest BCUT2D eigenvalue weighted by Crippen LogP contribution is -2.38. The Morgan fingerprint density at radius 1 is 1.17 bits per heavy atom. The molecule has 2 heterocycles. The number of benzene rings is 2. The largest absolute Gasteiger partial charge is 0.490 e. The number of halogens is 1. The number of nitrogens with one attached hydrogen (secondary N) is 1. The normalized spacial score (nSPS) is 20.1. The summed E-state index contributed by atoms with van der Waals surface area (Å²) in [5, 5.41) is 3.76. The Labute approximate surface area is 176 Å². The number of hydrogen-bond acceptors (Lipinski definition) is 4. The molecule has 1 fully saturated rings. The first-order chi connectivity index (χ1) is 14.1. The summed E-state index contributed by atoms with van der Waals surface area (Å²) in [6, 6.07) is 13.9. The Morgan fingerprint density at radius 2 is 1.97 bits per heavy atom. The average molecular weight is 415 g/mol. The minimum atomic E-state index is -0.129. The third-order valence-electron chi connectivity index (χ3n) is 5.62. The lowest BCUT2D eigenvalue weighted by molar-refractivity contribution is -0.123. The fourth-order valence-corrected chi connectivity index (χ4v) is 4.46. The van der Waals surface area contributed by atoms with Gasteiger partial charge in [0.1, 0.15) is 0 Å². The first kappa shape index (κ1) is 20.0. The summed E-state index contributed by atoms with van der Waals surface area (Å²) in [5.74, 6) is 1.63. The smallest absolute Gasteiger partial charge is 0.234 e. The molecule has 6 heteroatoms. The molecule has 1 amide bonds. The molecule has 0 aromatic heterocycles. The molecule has 2 aromatic rings. The number of carbonyl (C=O) groups excluding carboxylic acids is 1. The van der Waals surface area contributed by atoms with E-state index in [1.165, 1.54) is 5.56 Å². The molecule has 29 heavy (non-hydrogen) atoms. The number of likely N-dealkylation sites (tertiary alicyclic amines) is 1. The maximum Gasteiger partial charge on any atom is 0.234 e. The van der Waals surface area contributed by atoms with Gasteiger partial charge in [0.15, 0.2) is 11.5 Å². The zero-order valence-corrected chi connectivity index (χ0v) is 17.5. The number of nitrogens with zero attached hydrogens (tertiary/aromatic N) is 1. The van der Waals surface area contributed by atoms with Crippen LogP contribution in [0.3, 0.4) is 0 Å². The lowest BCUT2D eigenvalue weighted by atomic mass is 10.0. The van der Waals surface area contributed by atoms with Gasteiger partial charge in [0, 0.05) is 17.5 Å². The van der Waals surface area contributed by atoms with Gasteiger partial charge in [-0.15, -0.1) is 0 Å². The van der Waals surface area contributed by atoms with Gasteiger partial charge in [-0.3, -0.25) is 9.69 Å².